The number of halogens is 2. The summed E-state index contributed by atoms with van der Waals surface area (Å²) < 4.78 is 14.3. The van der Waals surface area contributed by atoms with Gasteiger partial charge in [-0.2, -0.15) is 0 Å². The van der Waals surface area contributed by atoms with E-state index in [2.05, 4.69) is 47.2 Å². The lowest BCUT2D eigenvalue weighted by Crippen LogP contribution is -2.23. The summed E-state index contributed by atoms with van der Waals surface area (Å²) >= 11 is 5.21. The van der Waals surface area contributed by atoms with Gasteiger partial charge in [0.1, 0.15) is 5.82 Å². The molecule has 0 aliphatic heterocycles. The second-order valence-electron chi connectivity index (χ2n) is 4.68. The van der Waals surface area contributed by atoms with Crippen molar-refractivity contribution in [2.45, 2.75) is 32.7 Å². The van der Waals surface area contributed by atoms with E-state index in [0.29, 0.717) is 4.47 Å². The molecule has 108 valence electrons. The maximum Gasteiger partial charge on any atom is 0.137 e. The Morgan fingerprint density at radius 3 is 2.60 bits per heavy atom. The molecule has 0 spiro atoms. The van der Waals surface area contributed by atoms with Crippen LogP contribution < -0.4 is 5.32 Å². The Bertz CT molecular complexity index is 567. The van der Waals surface area contributed by atoms with Gasteiger partial charge in [0.15, 0.2) is 0 Å². The Kier molecular flexibility index (Phi) is 5.75. The van der Waals surface area contributed by atoms with Crippen molar-refractivity contribution in [1.82, 2.24) is 5.32 Å². The molecule has 0 saturated carbocycles. The van der Waals surface area contributed by atoms with Gasteiger partial charge in [-0.1, -0.05) is 26.0 Å². The van der Waals surface area contributed by atoms with Crippen molar-refractivity contribution in [1.29, 1.82) is 0 Å². The minimum Gasteiger partial charge on any atom is -0.310 e. The zero-order chi connectivity index (χ0) is 14.5. The molecule has 1 nitrogen and oxygen atoms in total. The number of hydrogen-bond donors (Lipinski definition) is 1. The maximum absolute atomic E-state index is 13.7. The Morgan fingerprint density at radius 2 is 1.95 bits per heavy atom. The smallest absolute Gasteiger partial charge is 0.137 e. The molecule has 0 saturated heterocycles. The summed E-state index contributed by atoms with van der Waals surface area (Å²) in [5.41, 5.74) is 0.985. The Hall–Kier alpha value is -0.710. The summed E-state index contributed by atoms with van der Waals surface area (Å²) in [5.74, 6) is -0.203. The van der Waals surface area contributed by atoms with Gasteiger partial charge in [0.05, 0.1) is 4.47 Å². The first-order valence-electron chi connectivity index (χ1n) is 6.90. The molecule has 0 amide bonds. The first-order chi connectivity index (χ1) is 9.65. The third-order valence-electron chi connectivity index (χ3n) is 3.28. The van der Waals surface area contributed by atoms with Gasteiger partial charge in [-0.3, -0.25) is 0 Å². The summed E-state index contributed by atoms with van der Waals surface area (Å²) in [4.78, 5) is 2.73. The molecule has 4 heteroatoms. The molecule has 1 atom stereocenters. The van der Waals surface area contributed by atoms with Crippen molar-refractivity contribution in [3.05, 3.63) is 55.9 Å². The molecule has 1 heterocycles. The van der Waals surface area contributed by atoms with Gasteiger partial charge in [-0.05, 0) is 52.7 Å². The Balaban J connectivity index is 2.24. The van der Waals surface area contributed by atoms with Crippen LogP contribution in [0.15, 0.2) is 34.8 Å². The zero-order valence-corrected chi connectivity index (χ0v) is 14.2. The Morgan fingerprint density at radius 1 is 1.20 bits per heavy atom. The highest BCUT2D eigenvalue weighted by molar-refractivity contribution is 9.10. The van der Waals surface area contributed by atoms with Gasteiger partial charge in [0.2, 0.25) is 0 Å². The van der Waals surface area contributed by atoms with Crippen molar-refractivity contribution in [2.75, 3.05) is 6.54 Å². The van der Waals surface area contributed by atoms with E-state index in [1.54, 1.807) is 6.07 Å². The number of rotatable bonds is 6. The number of aryl methyl sites for hydroxylation is 1. The molecule has 0 bridgehead atoms. The predicted octanol–water partition coefficient (Wildman–Crippen LogP) is 5.11. The average molecular weight is 356 g/mol. The van der Waals surface area contributed by atoms with Crippen LogP contribution in [0.5, 0.6) is 0 Å². The van der Waals surface area contributed by atoms with E-state index in [9.17, 15) is 4.39 Å². The third kappa shape index (κ3) is 3.68. The quantitative estimate of drug-likeness (QED) is 0.759. The third-order valence-corrected chi connectivity index (χ3v) is 5.37. The first-order valence-corrected chi connectivity index (χ1v) is 8.51. The molecule has 0 fully saturated rings. The molecular formula is C16H19BrFNS. The van der Waals surface area contributed by atoms with Crippen LogP contribution >= 0.6 is 27.3 Å². The summed E-state index contributed by atoms with van der Waals surface area (Å²) in [6, 6.07) is 9.73. The standard InChI is InChI=1S/C16H19BrFNS/c1-3-11-8-9-12(20-11)10-15(19-4-2)13-6-5-7-14(18)16(13)17/h5-9,15,19H,3-4,10H2,1-2H3. The Labute approximate surface area is 132 Å². The monoisotopic (exact) mass is 355 g/mol. The zero-order valence-electron chi connectivity index (χ0n) is 11.7. The molecule has 1 unspecified atom stereocenters. The molecule has 0 aliphatic carbocycles. The number of nitrogens with one attached hydrogen (secondary N) is 1. The minimum atomic E-state index is -0.203. The van der Waals surface area contributed by atoms with Gasteiger partial charge in [0.25, 0.3) is 0 Å². The van der Waals surface area contributed by atoms with E-state index in [-0.39, 0.29) is 11.9 Å². The fourth-order valence-corrected chi connectivity index (χ4v) is 3.80. The molecular weight excluding hydrogens is 337 g/mol. The fourth-order valence-electron chi connectivity index (χ4n) is 2.25. The predicted molar refractivity (Wildman–Crippen MR) is 87.9 cm³/mol. The van der Waals surface area contributed by atoms with E-state index >= 15 is 0 Å². The van der Waals surface area contributed by atoms with Crippen LogP contribution in [0.25, 0.3) is 0 Å². The fraction of sp³-hybridized carbons (Fsp3) is 0.375. The normalized spacial score (nSPS) is 12.6. The molecule has 20 heavy (non-hydrogen) atoms. The van der Waals surface area contributed by atoms with E-state index in [1.165, 1.54) is 15.8 Å². The van der Waals surface area contributed by atoms with Crippen LogP contribution in [0.3, 0.4) is 0 Å². The number of thiophene rings is 1. The van der Waals surface area contributed by atoms with E-state index < -0.39 is 0 Å². The van der Waals surface area contributed by atoms with Crippen molar-refractivity contribution in [3.8, 4) is 0 Å². The van der Waals surface area contributed by atoms with Crippen molar-refractivity contribution in [3.63, 3.8) is 0 Å². The SMILES string of the molecule is CCNC(Cc1ccc(CC)s1)c1cccc(F)c1Br. The van der Waals surface area contributed by atoms with Crippen LogP contribution in [-0.2, 0) is 12.8 Å². The maximum atomic E-state index is 13.7. The molecule has 2 rings (SSSR count). The van der Waals surface area contributed by atoms with Crippen LogP contribution in [0.1, 0.15) is 35.2 Å². The van der Waals surface area contributed by atoms with Crippen LogP contribution in [0, 0.1) is 5.82 Å². The lowest BCUT2D eigenvalue weighted by Gasteiger charge is -2.19. The van der Waals surface area contributed by atoms with Crippen LogP contribution in [0.2, 0.25) is 0 Å². The average Bonchev–Trinajstić information content (AvgIpc) is 2.89. The van der Waals surface area contributed by atoms with Gasteiger partial charge in [-0.25, -0.2) is 4.39 Å². The second-order valence-corrected chi connectivity index (χ2v) is 6.72. The van der Waals surface area contributed by atoms with Gasteiger partial charge in [-0.15, -0.1) is 11.3 Å². The summed E-state index contributed by atoms with van der Waals surface area (Å²) in [6.07, 6.45) is 1.96. The molecule has 1 aromatic heterocycles. The van der Waals surface area contributed by atoms with E-state index in [4.69, 9.17) is 0 Å². The largest absolute Gasteiger partial charge is 0.310 e. The molecule has 2 aromatic rings. The van der Waals surface area contributed by atoms with Crippen molar-refractivity contribution in [2.24, 2.45) is 0 Å². The number of hydrogen-bond acceptors (Lipinski definition) is 2. The molecule has 0 radical (unpaired) electrons. The summed E-state index contributed by atoms with van der Waals surface area (Å²) in [7, 11) is 0. The van der Waals surface area contributed by atoms with E-state index in [0.717, 1.165) is 24.9 Å². The number of benzene rings is 1. The minimum absolute atomic E-state index is 0.133. The summed E-state index contributed by atoms with van der Waals surface area (Å²) in [5, 5.41) is 3.45. The van der Waals surface area contributed by atoms with Crippen molar-refractivity contribution >= 4 is 27.3 Å². The summed E-state index contributed by atoms with van der Waals surface area (Å²) in [6.45, 7) is 5.10. The van der Waals surface area contributed by atoms with Gasteiger partial charge >= 0.3 is 0 Å². The molecule has 1 N–H and O–H groups in total. The van der Waals surface area contributed by atoms with Gasteiger partial charge in [0, 0.05) is 22.2 Å². The van der Waals surface area contributed by atoms with Crippen molar-refractivity contribution < 1.29 is 4.39 Å². The number of likely N-dealkylation sites (N-methyl/N-ethyl adjacent to an activating group) is 1. The van der Waals surface area contributed by atoms with Crippen LogP contribution in [-0.4, -0.2) is 6.54 Å². The highest BCUT2D eigenvalue weighted by atomic mass is 79.9. The highest BCUT2D eigenvalue weighted by Crippen LogP contribution is 2.30. The first kappa shape index (κ1) is 15.7. The molecule has 0 aliphatic rings. The van der Waals surface area contributed by atoms with Gasteiger partial charge < -0.3 is 5.32 Å². The lowest BCUT2D eigenvalue weighted by molar-refractivity contribution is 0.542. The second kappa shape index (κ2) is 7.34. The van der Waals surface area contributed by atoms with Crippen LogP contribution in [0.4, 0.5) is 4.39 Å². The lowest BCUT2D eigenvalue weighted by atomic mass is 10.0. The van der Waals surface area contributed by atoms with E-state index in [1.807, 2.05) is 17.4 Å². The topological polar surface area (TPSA) is 12.0 Å². The molecule has 1 aromatic carbocycles. The highest BCUT2D eigenvalue weighted by Gasteiger charge is 2.17.